The van der Waals surface area contributed by atoms with Crippen LogP contribution >= 0.6 is 0 Å². The van der Waals surface area contributed by atoms with Crippen LogP contribution in [0.4, 0.5) is 0 Å². The lowest BCUT2D eigenvalue weighted by atomic mass is 9.90. The van der Waals surface area contributed by atoms with Crippen LogP contribution in [-0.2, 0) is 20.7 Å². The van der Waals surface area contributed by atoms with E-state index in [4.69, 9.17) is 0 Å². The Hall–Kier alpha value is -2.16. The Balaban J connectivity index is 2.20. The quantitative estimate of drug-likeness (QED) is 0.611. The standard InChI is InChI=1S/C16H14O3/c1-2-10-7-8-13(12-6-4-3-5-11(10)12)14-9-15(17)19-16(14)18/h3-8,14H,2,9H2,1H3. The van der Waals surface area contributed by atoms with Crippen LogP contribution in [0.25, 0.3) is 10.8 Å². The first-order valence-corrected chi connectivity index (χ1v) is 6.45. The molecule has 0 aliphatic carbocycles. The number of rotatable bonds is 2. The van der Waals surface area contributed by atoms with E-state index in [9.17, 15) is 9.59 Å². The minimum atomic E-state index is -0.455. The molecule has 0 spiro atoms. The summed E-state index contributed by atoms with van der Waals surface area (Å²) in [4.78, 5) is 23.0. The zero-order chi connectivity index (χ0) is 13.4. The summed E-state index contributed by atoms with van der Waals surface area (Å²) in [5.41, 5.74) is 2.14. The molecule has 0 bridgehead atoms. The van der Waals surface area contributed by atoms with Crippen molar-refractivity contribution in [1.82, 2.24) is 0 Å². The molecule has 96 valence electrons. The van der Waals surface area contributed by atoms with Gasteiger partial charge in [-0.25, -0.2) is 0 Å². The molecule has 1 heterocycles. The molecule has 0 aromatic heterocycles. The van der Waals surface area contributed by atoms with Crippen LogP contribution in [0.1, 0.15) is 30.4 Å². The number of carbonyl (C=O) groups excluding carboxylic acids is 2. The second kappa shape index (κ2) is 4.50. The minimum Gasteiger partial charge on any atom is -0.393 e. The van der Waals surface area contributed by atoms with Crippen molar-refractivity contribution in [3.63, 3.8) is 0 Å². The summed E-state index contributed by atoms with van der Waals surface area (Å²) < 4.78 is 4.66. The molecule has 2 aromatic rings. The van der Waals surface area contributed by atoms with Gasteiger partial charge in [0, 0.05) is 0 Å². The SMILES string of the molecule is CCc1ccc(C2CC(=O)OC2=O)c2ccccc12. The van der Waals surface area contributed by atoms with E-state index in [1.807, 2.05) is 30.3 Å². The van der Waals surface area contributed by atoms with Gasteiger partial charge in [-0.05, 0) is 28.3 Å². The molecule has 0 amide bonds. The third kappa shape index (κ3) is 1.91. The van der Waals surface area contributed by atoms with Gasteiger partial charge in [-0.3, -0.25) is 9.59 Å². The molecule has 2 aromatic carbocycles. The zero-order valence-corrected chi connectivity index (χ0v) is 10.7. The molecule has 0 radical (unpaired) electrons. The van der Waals surface area contributed by atoms with Gasteiger partial charge in [0.2, 0.25) is 0 Å². The molecular formula is C16H14O3. The summed E-state index contributed by atoms with van der Waals surface area (Å²) in [6, 6.07) is 12.0. The van der Waals surface area contributed by atoms with Crippen molar-refractivity contribution in [3.05, 3.63) is 47.5 Å². The number of carbonyl (C=O) groups is 2. The zero-order valence-electron chi connectivity index (χ0n) is 10.7. The lowest BCUT2D eigenvalue weighted by Gasteiger charge is -2.12. The molecule has 0 saturated carbocycles. The Kier molecular flexibility index (Phi) is 2.82. The summed E-state index contributed by atoms with van der Waals surface area (Å²) >= 11 is 0. The topological polar surface area (TPSA) is 43.4 Å². The van der Waals surface area contributed by atoms with E-state index in [0.29, 0.717) is 0 Å². The summed E-state index contributed by atoms with van der Waals surface area (Å²) in [6.07, 6.45) is 1.09. The predicted molar refractivity (Wildman–Crippen MR) is 71.8 cm³/mol. The Labute approximate surface area is 111 Å². The van der Waals surface area contributed by atoms with Crippen molar-refractivity contribution in [2.24, 2.45) is 0 Å². The van der Waals surface area contributed by atoms with E-state index in [1.165, 1.54) is 5.56 Å². The first-order valence-electron chi connectivity index (χ1n) is 6.45. The molecule has 3 heteroatoms. The molecule has 1 saturated heterocycles. The van der Waals surface area contributed by atoms with Gasteiger partial charge in [-0.2, -0.15) is 0 Å². The summed E-state index contributed by atoms with van der Waals surface area (Å²) in [5, 5.41) is 2.19. The molecule has 1 unspecified atom stereocenters. The summed E-state index contributed by atoms with van der Waals surface area (Å²) in [6.45, 7) is 2.11. The van der Waals surface area contributed by atoms with Crippen molar-refractivity contribution < 1.29 is 14.3 Å². The molecule has 0 N–H and O–H groups in total. The highest BCUT2D eigenvalue weighted by atomic mass is 16.6. The van der Waals surface area contributed by atoms with Crippen LogP contribution in [0.15, 0.2) is 36.4 Å². The van der Waals surface area contributed by atoms with Gasteiger partial charge < -0.3 is 4.74 Å². The lowest BCUT2D eigenvalue weighted by Crippen LogP contribution is -2.06. The van der Waals surface area contributed by atoms with Gasteiger partial charge in [-0.15, -0.1) is 0 Å². The number of esters is 2. The van der Waals surface area contributed by atoms with Crippen molar-refractivity contribution in [2.45, 2.75) is 25.7 Å². The number of ether oxygens (including phenoxy) is 1. The van der Waals surface area contributed by atoms with Crippen LogP contribution in [0, 0.1) is 0 Å². The van der Waals surface area contributed by atoms with Crippen LogP contribution in [-0.4, -0.2) is 11.9 Å². The van der Waals surface area contributed by atoms with Gasteiger partial charge in [-0.1, -0.05) is 43.3 Å². The van der Waals surface area contributed by atoms with Gasteiger partial charge in [0.15, 0.2) is 0 Å². The molecule has 1 fully saturated rings. The molecule has 1 aliphatic heterocycles. The van der Waals surface area contributed by atoms with Crippen molar-refractivity contribution in [3.8, 4) is 0 Å². The molecule has 1 aliphatic rings. The number of hydrogen-bond acceptors (Lipinski definition) is 3. The Bertz CT molecular complexity index is 673. The van der Waals surface area contributed by atoms with E-state index < -0.39 is 17.9 Å². The monoisotopic (exact) mass is 254 g/mol. The number of benzene rings is 2. The normalized spacial score (nSPS) is 18.9. The molecule has 3 rings (SSSR count). The summed E-state index contributed by atoms with van der Waals surface area (Å²) in [5.74, 6) is -1.32. The average molecular weight is 254 g/mol. The van der Waals surface area contributed by atoms with E-state index in [1.54, 1.807) is 0 Å². The first-order chi connectivity index (χ1) is 9.20. The van der Waals surface area contributed by atoms with Crippen molar-refractivity contribution in [1.29, 1.82) is 0 Å². The third-order valence-corrected chi connectivity index (χ3v) is 3.67. The highest BCUT2D eigenvalue weighted by molar-refractivity contribution is 6.01. The highest BCUT2D eigenvalue weighted by Gasteiger charge is 2.35. The highest BCUT2D eigenvalue weighted by Crippen LogP contribution is 2.34. The minimum absolute atomic E-state index is 0.147. The van der Waals surface area contributed by atoms with E-state index >= 15 is 0 Å². The second-order valence-corrected chi connectivity index (χ2v) is 4.76. The number of cyclic esters (lactones) is 2. The van der Waals surface area contributed by atoms with Gasteiger partial charge in [0.05, 0.1) is 12.3 Å². The van der Waals surface area contributed by atoms with E-state index in [-0.39, 0.29) is 6.42 Å². The Morgan fingerprint density at radius 1 is 1.11 bits per heavy atom. The van der Waals surface area contributed by atoms with Crippen LogP contribution in [0.2, 0.25) is 0 Å². The smallest absolute Gasteiger partial charge is 0.321 e. The van der Waals surface area contributed by atoms with Crippen LogP contribution < -0.4 is 0 Å². The van der Waals surface area contributed by atoms with Gasteiger partial charge in [0.1, 0.15) is 0 Å². The van der Waals surface area contributed by atoms with Crippen molar-refractivity contribution >= 4 is 22.7 Å². The maximum Gasteiger partial charge on any atom is 0.321 e. The number of hydrogen-bond donors (Lipinski definition) is 0. The fourth-order valence-electron chi connectivity index (χ4n) is 2.71. The second-order valence-electron chi connectivity index (χ2n) is 4.76. The lowest BCUT2D eigenvalue weighted by molar-refractivity contribution is -0.152. The molecular weight excluding hydrogens is 240 g/mol. The molecule has 1 atom stereocenters. The van der Waals surface area contributed by atoms with Gasteiger partial charge in [0.25, 0.3) is 0 Å². The fraction of sp³-hybridized carbons (Fsp3) is 0.250. The van der Waals surface area contributed by atoms with Crippen LogP contribution in [0.5, 0.6) is 0 Å². The predicted octanol–water partition coefficient (Wildman–Crippen LogP) is 2.96. The van der Waals surface area contributed by atoms with E-state index in [0.717, 1.165) is 22.8 Å². The number of fused-ring (bicyclic) bond motifs is 1. The van der Waals surface area contributed by atoms with Crippen LogP contribution in [0.3, 0.4) is 0 Å². The maximum absolute atomic E-state index is 11.7. The Morgan fingerprint density at radius 2 is 1.84 bits per heavy atom. The maximum atomic E-state index is 11.7. The summed E-state index contributed by atoms with van der Waals surface area (Å²) in [7, 11) is 0. The van der Waals surface area contributed by atoms with Gasteiger partial charge >= 0.3 is 11.9 Å². The average Bonchev–Trinajstić information content (AvgIpc) is 2.76. The first kappa shape index (κ1) is 11.9. The molecule has 19 heavy (non-hydrogen) atoms. The van der Waals surface area contributed by atoms with E-state index in [2.05, 4.69) is 17.7 Å². The number of aryl methyl sites for hydroxylation is 1. The molecule has 3 nitrogen and oxygen atoms in total. The third-order valence-electron chi connectivity index (χ3n) is 3.67. The largest absolute Gasteiger partial charge is 0.393 e. The van der Waals surface area contributed by atoms with Crippen molar-refractivity contribution in [2.75, 3.05) is 0 Å². The fourth-order valence-corrected chi connectivity index (χ4v) is 2.71. The Morgan fingerprint density at radius 3 is 2.47 bits per heavy atom.